The standard InChI is InChI=1S/C19H28N4O4S/c1-3-23(4-2)28(25,26)16-7-8-18-17(12-16)21-14-22(18)10-9-19(24)20-13-15-6-5-11-27-15/h7-8,12,14-15H,3-6,9-11,13H2,1-2H3,(H,20,24)/t15-/m0/s1. The summed E-state index contributed by atoms with van der Waals surface area (Å²) in [4.78, 5) is 16.6. The summed E-state index contributed by atoms with van der Waals surface area (Å²) in [6.45, 7) is 6.29. The topological polar surface area (TPSA) is 93.5 Å². The Kier molecular flexibility index (Phi) is 6.69. The predicted molar refractivity (Wildman–Crippen MR) is 106 cm³/mol. The van der Waals surface area contributed by atoms with Crippen LogP contribution in [0, 0.1) is 0 Å². The van der Waals surface area contributed by atoms with Crippen LogP contribution in [-0.2, 0) is 26.1 Å². The van der Waals surface area contributed by atoms with Crippen molar-refractivity contribution in [1.29, 1.82) is 0 Å². The Bertz CT molecular complexity index is 915. The fraction of sp³-hybridized carbons (Fsp3) is 0.579. The molecule has 28 heavy (non-hydrogen) atoms. The molecule has 2 aromatic rings. The first kappa shape index (κ1) is 20.8. The van der Waals surface area contributed by atoms with Crippen LogP contribution in [0.4, 0.5) is 0 Å². The summed E-state index contributed by atoms with van der Waals surface area (Å²) in [5.41, 5.74) is 1.42. The van der Waals surface area contributed by atoms with Crippen molar-refractivity contribution in [1.82, 2.24) is 19.2 Å². The number of hydrogen-bond donors (Lipinski definition) is 1. The van der Waals surface area contributed by atoms with Crippen LogP contribution in [0.25, 0.3) is 11.0 Å². The molecule has 1 atom stereocenters. The second-order valence-corrected chi connectivity index (χ2v) is 8.80. The smallest absolute Gasteiger partial charge is 0.243 e. The minimum absolute atomic E-state index is 0.0296. The molecule has 8 nitrogen and oxygen atoms in total. The average molecular weight is 409 g/mol. The van der Waals surface area contributed by atoms with Crippen molar-refractivity contribution < 1.29 is 17.9 Å². The van der Waals surface area contributed by atoms with Gasteiger partial charge < -0.3 is 14.6 Å². The molecule has 0 saturated carbocycles. The van der Waals surface area contributed by atoms with E-state index in [1.165, 1.54) is 4.31 Å². The van der Waals surface area contributed by atoms with Gasteiger partial charge in [-0.1, -0.05) is 13.8 Å². The lowest BCUT2D eigenvalue weighted by Crippen LogP contribution is -2.32. The number of nitrogens with one attached hydrogen (secondary N) is 1. The van der Waals surface area contributed by atoms with Crippen LogP contribution < -0.4 is 5.32 Å². The molecule has 1 aliphatic heterocycles. The summed E-state index contributed by atoms with van der Waals surface area (Å²) in [6.07, 6.45) is 4.14. The van der Waals surface area contributed by atoms with E-state index in [9.17, 15) is 13.2 Å². The molecule has 3 rings (SSSR count). The monoisotopic (exact) mass is 408 g/mol. The SMILES string of the molecule is CCN(CC)S(=O)(=O)c1ccc2c(c1)ncn2CCC(=O)NC[C@@H]1CCCO1. The maximum Gasteiger partial charge on any atom is 0.243 e. The molecule has 0 unspecified atom stereocenters. The molecule has 1 fully saturated rings. The van der Waals surface area contributed by atoms with Crippen LogP contribution in [0.2, 0.25) is 0 Å². The minimum Gasteiger partial charge on any atom is -0.376 e. The minimum atomic E-state index is -3.52. The van der Waals surface area contributed by atoms with Gasteiger partial charge in [0.25, 0.3) is 0 Å². The van der Waals surface area contributed by atoms with Crippen molar-refractivity contribution >= 4 is 27.0 Å². The first-order valence-corrected chi connectivity index (χ1v) is 11.2. The van der Waals surface area contributed by atoms with Crippen molar-refractivity contribution in [2.24, 2.45) is 0 Å². The number of aryl methyl sites for hydroxylation is 1. The summed E-state index contributed by atoms with van der Waals surface area (Å²) < 4.78 is 34.1. The number of imidazole rings is 1. The summed E-state index contributed by atoms with van der Waals surface area (Å²) in [7, 11) is -3.52. The molecule has 0 spiro atoms. The van der Waals surface area contributed by atoms with Crippen molar-refractivity contribution in [3.63, 3.8) is 0 Å². The third-order valence-corrected chi connectivity index (χ3v) is 7.11. The number of rotatable bonds is 9. The lowest BCUT2D eigenvalue weighted by Gasteiger charge is -2.18. The number of carbonyl (C=O) groups excluding carboxylic acids is 1. The summed E-state index contributed by atoms with van der Waals surface area (Å²) in [5.74, 6) is -0.0296. The molecule has 0 bridgehead atoms. The van der Waals surface area contributed by atoms with Crippen molar-refractivity contribution in [2.75, 3.05) is 26.2 Å². The summed E-state index contributed by atoms with van der Waals surface area (Å²) in [5, 5.41) is 2.91. The molecule has 1 N–H and O–H groups in total. The largest absolute Gasteiger partial charge is 0.376 e. The highest BCUT2D eigenvalue weighted by Crippen LogP contribution is 2.21. The Balaban J connectivity index is 1.64. The van der Waals surface area contributed by atoms with E-state index < -0.39 is 10.0 Å². The number of benzene rings is 1. The van der Waals surface area contributed by atoms with E-state index in [2.05, 4.69) is 10.3 Å². The van der Waals surface area contributed by atoms with Crippen LogP contribution in [0.1, 0.15) is 33.1 Å². The highest BCUT2D eigenvalue weighted by atomic mass is 32.2. The fourth-order valence-electron chi connectivity index (χ4n) is 3.44. The molecule has 2 heterocycles. The van der Waals surface area contributed by atoms with Crippen LogP contribution in [-0.4, -0.2) is 60.5 Å². The Morgan fingerprint density at radius 2 is 2.14 bits per heavy atom. The molecule has 0 radical (unpaired) electrons. The Labute approximate surface area is 165 Å². The molecule has 1 aliphatic rings. The Morgan fingerprint density at radius 3 is 2.82 bits per heavy atom. The zero-order valence-corrected chi connectivity index (χ0v) is 17.2. The number of carbonyl (C=O) groups is 1. The normalized spacial score (nSPS) is 17.5. The van der Waals surface area contributed by atoms with Gasteiger partial charge >= 0.3 is 0 Å². The molecule has 1 aromatic heterocycles. The van der Waals surface area contributed by atoms with E-state index in [0.717, 1.165) is 25.0 Å². The molecule has 154 valence electrons. The quantitative estimate of drug-likeness (QED) is 0.682. The molecule has 1 amide bonds. The number of nitrogens with zero attached hydrogens (tertiary/aromatic N) is 3. The van der Waals surface area contributed by atoms with Crippen molar-refractivity contribution in [3.8, 4) is 0 Å². The number of aromatic nitrogens is 2. The summed E-state index contributed by atoms with van der Waals surface area (Å²) in [6, 6.07) is 4.95. The van der Waals surface area contributed by atoms with Gasteiger partial charge in [0, 0.05) is 39.2 Å². The molecular weight excluding hydrogens is 380 g/mol. The lowest BCUT2D eigenvalue weighted by atomic mass is 10.2. The molecule has 9 heteroatoms. The highest BCUT2D eigenvalue weighted by molar-refractivity contribution is 7.89. The fourth-order valence-corrected chi connectivity index (χ4v) is 4.92. The lowest BCUT2D eigenvalue weighted by molar-refractivity contribution is -0.121. The Morgan fingerprint density at radius 1 is 1.36 bits per heavy atom. The second-order valence-electron chi connectivity index (χ2n) is 6.87. The molecule has 1 saturated heterocycles. The number of fused-ring (bicyclic) bond motifs is 1. The summed E-state index contributed by atoms with van der Waals surface area (Å²) >= 11 is 0. The number of hydrogen-bond acceptors (Lipinski definition) is 5. The second kappa shape index (κ2) is 9.02. The van der Waals surface area contributed by atoms with Gasteiger partial charge in [0.15, 0.2) is 0 Å². The van der Waals surface area contributed by atoms with Gasteiger partial charge in [-0.05, 0) is 31.0 Å². The molecule has 0 aliphatic carbocycles. The van der Waals surface area contributed by atoms with Gasteiger partial charge in [-0.3, -0.25) is 4.79 Å². The van der Waals surface area contributed by atoms with Crippen LogP contribution in [0.3, 0.4) is 0 Å². The van der Waals surface area contributed by atoms with E-state index >= 15 is 0 Å². The van der Waals surface area contributed by atoms with E-state index in [1.54, 1.807) is 24.5 Å². The van der Waals surface area contributed by atoms with Gasteiger partial charge in [0.2, 0.25) is 15.9 Å². The Hall–Kier alpha value is -1.97. The predicted octanol–water partition coefficient (Wildman–Crippen LogP) is 1.75. The van der Waals surface area contributed by atoms with Crippen LogP contribution >= 0.6 is 0 Å². The first-order chi connectivity index (χ1) is 13.5. The average Bonchev–Trinajstić information content (AvgIpc) is 3.34. The van der Waals surface area contributed by atoms with E-state index in [0.29, 0.717) is 38.1 Å². The van der Waals surface area contributed by atoms with Gasteiger partial charge in [-0.25, -0.2) is 13.4 Å². The van der Waals surface area contributed by atoms with Gasteiger partial charge in [-0.2, -0.15) is 4.31 Å². The third kappa shape index (κ3) is 4.53. The third-order valence-electron chi connectivity index (χ3n) is 5.07. The molecular formula is C19H28N4O4S. The highest BCUT2D eigenvalue weighted by Gasteiger charge is 2.22. The number of amides is 1. The van der Waals surface area contributed by atoms with E-state index in [1.807, 2.05) is 18.4 Å². The van der Waals surface area contributed by atoms with Crippen LogP contribution in [0.15, 0.2) is 29.4 Å². The zero-order chi connectivity index (χ0) is 20.1. The number of ether oxygens (including phenoxy) is 1. The van der Waals surface area contributed by atoms with Gasteiger partial charge in [0.1, 0.15) is 0 Å². The van der Waals surface area contributed by atoms with Crippen LogP contribution in [0.5, 0.6) is 0 Å². The van der Waals surface area contributed by atoms with E-state index in [-0.39, 0.29) is 16.9 Å². The van der Waals surface area contributed by atoms with Gasteiger partial charge in [-0.15, -0.1) is 0 Å². The van der Waals surface area contributed by atoms with Gasteiger partial charge in [0.05, 0.1) is 28.4 Å². The van der Waals surface area contributed by atoms with Crippen molar-refractivity contribution in [3.05, 3.63) is 24.5 Å². The molecule has 1 aromatic carbocycles. The zero-order valence-electron chi connectivity index (χ0n) is 16.4. The maximum atomic E-state index is 12.7. The van der Waals surface area contributed by atoms with Crippen molar-refractivity contribution in [2.45, 2.75) is 50.7 Å². The first-order valence-electron chi connectivity index (χ1n) is 9.79. The number of sulfonamides is 1. The van der Waals surface area contributed by atoms with E-state index in [4.69, 9.17) is 4.74 Å². The maximum absolute atomic E-state index is 12.7.